The van der Waals surface area contributed by atoms with Gasteiger partial charge in [0.25, 0.3) is 0 Å². The molecule has 3 rings (SSSR count). The van der Waals surface area contributed by atoms with Crippen LogP contribution in [-0.4, -0.2) is 41.9 Å². The van der Waals surface area contributed by atoms with E-state index >= 15 is 0 Å². The van der Waals surface area contributed by atoms with Crippen molar-refractivity contribution in [1.82, 2.24) is 4.90 Å². The number of epoxide rings is 1. The van der Waals surface area contributed by atoms with Crippen molar-refractivity contribution in [2.75, 3.05) is 13.1 Å². The van der Waals surface area contributed by atoms with Gasteiger partial charge < -0.3 is 14.4 Å². The number of likely N-dealkylation sites (tertiary alicyclic amines) is 1. The Morgan fingerprint density at radius 2 is 2.05 bits per heavy atom. The normalized spacial score (nSPS) is 32.1. The van der Waals surface area contributed by atoms with E-state index < -0.39 is 5.60 Å². The Balaban J connectivity index is 1.58. The van der Waals surface area contributed by atoms with Crippen LogP contribution < -0.4 is 0 Å². The maximum absolute atomic E-state index is 12.0. The summed E-state index contributed by atoms with van der Waals surface area (Å²) >= 11 is 0. The van der Waals surface area contributed by atoms with Gasteiger partial charge in [0.05, 0.1) is 6.10 Å². The number of hydrogen-bond donors (Lipinski definition) is 0. The lowest BCUT2D eigenvalue weighted by molar-refractivity contribution is 0.00620. The molecule has 0 saturated carbocycles. The van der Waals surface area contributed by atoms with Crippen LogP contribution in [0.5, 0.6) is 0 Å². The molecule has 2 atom stereocenters. The lowest BCUT2D eigenvalue weighted by atomic mass is 9.70. The molecule has 0 N–H and O–H groups in total. The van der Waals surface area contributed by atoms with Crippen molar-refractivity contribution in [3.8, 4) is 0 Å². The van der Waals surface area contributed by atoms with Gasteiger partial charge in [-0.25, -0.2) is 4.79 Å². The highest BCUT2D eigenvalue weighted by Crippen LogP contribution is 2.51. The first-order chi connectivity index (χ1) is 8.90. The predicted octanol–water partition coefficient (Wildman–Crippen LogP) is 2.73. The number of fused-ring (bicyclic) bond motifs is 2. The van der Waals surface area contributed by atoms with Crippen LogP contribution in [0, 0.1) is 5.41 Å². The molecule has 2 unspecified atom stereocenters. The Morgan fingerprint density at radius 3 is 2.68 bits per heavy atom. The Morgan fingerprint density at radius 1 is 1.37 bits per heavy atom. The third-order valence-electron chi connectivity index (χ3n) is 4.39. The summed E-state index contributed by atoms with van der Waals surface area (Å²) in [6.45, 7) is 7.30. The molecule has 3 aliphatic rings. The molecule has 1 aliphatic carbocycles. The van der Waals surface area contributed by atoms with Crippen molar-refractivity contribution in [3.63, 3.8) is 0 Å². The monoisotopic (exact) mass is 265 g/mol. The standard InChI is InChI=1S/C15H23NO3/c1-14(2,3)19-13(17)16-9-7-15(8-10-16)6-4-5-11-12(15)18-11/h4-5,11-12H,6-10H2,1-3H3. The summed E-state index contributed by atoms with van der Waals surface area (Å²) in [6, 6.07) is 0. The average Bonchev–Trinajstić information content (AvgIpc) is 3.08. The zero-order valence-electron chi connectivity index (χ0n) is 12.0. The number of amides is 1. The number of carbonyl (C=O) groups excluding carboxylic acids is 1. The molecule has 0 bridgehead atoms. The SMILES string of the molecule is CC(C)(C)OC(=O)N1CCC2(CC=CC3OC32)CC1. The summed E-state index contributed by atoms with van der Waals surface area (Å²) in [6.07, 6.45) is 8.14. The van der Waals surface area contributed by atoms with Crippen LogP contribution in [0.2, 0.25) is 0 Å². The minimum Gasteiger partial charge on any atom is -0.444 e. The minimum atomic E-state index is -0.412. The predicted molar refractivity (Wildman–Crippen MR) is 71.9 cm³/mol. The first kappa shape index (κ1) is 13.0. The third-order valence-corrected chi connectivity index (χ3v) is 4.39. The van der Waals surface area contributed by atoms with Gasteiger partial charge in [0, 0.05) is 18.5 Å². The van der Waals surface area contributed by atoms with Crippen LogP contribution in [0.1, 0.15) is 40.0 Å². The fourth-order valence-electron chi connectivity index (χ4n) is 3.27. The van der Waals surface area contributed by atoms with E-state index in [1.165, 1.54) is 0 Å². The van der Waals surface area contributed by atoms with Crippen LogP contribution in [0.25, 0.3) is 0 Å². The molecule has 1 spiro atoms. The zero-order chi connectivity index (χ0) is 13.7. The van der Waals surface area contributed by atoms with Crippen LogP contribution >= 0.6 is 0 Å². The molecule has 1 amide bonds. The topological polar surface area (TPSA) is 42.1 Å². The number of piperidine rings is 1. The molecule has 2 heterocycles. The van der Waals surface area contributed by atoms with Gasteiger partial charge in [-0.2, -0.15) is 0 Å². The van der Waals surface area contributed by atoms with Crippen LogP contribution in [-0.2, 0) is 9.47 Å². The van der Waals surface area contributed by atoms with E-state index in [0.29, 0.717) is 12.2 Å². The van der Waals surface area contributed by atoms with Crippen molar-refractivity contribution in [2.24, 2.45) is 5.41 Å². The summed E-state index contributed by atoms with van der Waals surface area (Å²) in [5.41, 5.74) is -0.136. The van der Waals surface area contributed by atoms with Gasteiger partial charge in [0.1, 0.15) is 11.7 Å². The van der Waals surface area contributed by atoms with Crippen molar-refractivity contribution in [1.29, 1.82) is 0 Å². The summed E-state index contributed by atoms with van der Waals surface area (Å²) in [5.74, 6) is 0. The Bertz CT molecular complexity index is 402. The van der Waals surface area contributed by atoms with Crippen LogP contribution in [0.15, 0.2) is 12.2 Å². The van der Waals surface area contributed by atoms with E-state index in [1.807, 2.05) is 25.7 Å². The molecule has 2 fully saturated rings. The largest absolute Gasteiger partial charge is 0.444 e. The molecule has 0 aromatic rings. The molecule has 4 nitrogen and oxygen atoms in total. The number of allylic oxidation sites excluding steroid dienone is 1. The quantitative estimate of drug-likeness (QED) is 0.499. The van der Waals surface area contributed by atoms with Crippen molar-refractivity contribution < 1.29 is 14.3 Å². The van der Waals surface area contributed by atoms with E-state index in [1.54, 1.807) is 0 Å². The third kappa shape index (κ3) is 2.50. The summed E-state index contributed by atoms with van der Waals surface area (Å²) < 4.78 is 11.2. The van der Waals surface area contributed by atoms with E-state index in [0.717, 1.165) is 32.4 Å². The first-order valence-corrected chi connectivity index (χ1v) is 7.20. The van der Waals surface area contributed by atoms with Crippen LogP contribution in [0.3, 0.4) is 0 Å². The second-order valence-electron chi connectivity index (χ2n) is 6.98. The Kier molecular flexibility index (Phi) is 2.89. The molecule has 106 valence electrons. The van der Waals surface area contributed by atoms with Gasteiger partial charge in [-0.05, 0) is 40.0 Å². The fraction of sp³-hybridized carbons (Fsp3) is 0.800. The molecule has 0 aromatic heterocycles. The first-order valence-electron chi connectivity index (χ1n) is 7.20. The van der Waals surface area contributed by atoms with E-state index in [4.69, 9.17) is 9.47 Å². The number of hydrogen-bond acceptors (Lipinski definition) is 3. The van der Waals surface area contributed by atoms with E-state index in [2.05, 4.69) is 12.2 Å². The maximum atomic E-state index is 12.0. The molecule has 2 saturated heterocycles. The van der Waals surface area contributed by atoms with Gasteiger partial charge in [-0.15, -0.1) is 0 Å². The van der Waals surface area contributed by atoms with Gasteiger partial charge in [0.2, 0.25) is 0 Å². The fourth-order valence-corrected chi connectivity index (χ4v) is 3.27. The highest BCUT2D eigenvalue weighted by Gasteiger charge is 2.55. The van der Waals surface area contributed by atoms with Crippen molar-refractivity contribution >= 4 is 6.09 Å². The Hall–Kier alpha value is -1.03. The van der Waals surface area contributed by atoms with Gasteiger partial charge in [-0.1, -0.05) is 12.2 Å². The molecular formula is C15H23NO3. The van der Waals surface area contributed by atoms with E-state index in [9.17, 15) is 4.79 Å². The lowest BCUT2D eigenvalue weighted by Gasteiger charge is -2.41. The average molecular weight is 265 g/mol. The van der Waals surface area contributed by atoms with Gasteiger partial charge >= 0.3 is 6.09 Å². The van der Waals surface area contributed by atoms with Crippen molar-refractivity contribution in [2.45, 2.75) is 57.8 Å². The molecule has 2 aliphatic heterocycles. The molecule has 19 heavy (non-hydrogen) atoms. The van der Waals surface area contributed by atoms with Crippen molar-refractivity contribution in [3.05, 3.63) is 12.2 Å². The Labute approximate surface area is 114 Å². The molecular weight excluding hydrogens is 242 g/mol. The number of carbonyl (C=O) groups is 1. The number of rotatable bonds is 0. The minimum absolute atomic E-state index is 0.179. The highest BCUT2D eigenvalue weighted by molar-refractivity contribution is 5.68. The van der Waals surface area contributed by atoms with Crippen LogP contribution in [0.4, 0.5) is 4.79 Å². The molecule has 0 aromatic carbocycles. The number of ether oxygens (including phenoxy) is 2. The number of nitrogens with zero attached hydrogens (tertiary/aromatic N) is 1. The zero-order valence-corrected chi connectivity index (χ0v) is 12.0. The summed E-state index contributed by atoms with van der Waals surface area (Å²) in [5, 5.41) is 0. The molecule has 0 radical (unpaired) electrons. The van der Waals surface area contributed by atoms with Gasteiger partial charge in [0.15, 0.2) is 0 Å². The second kappa shape index (κ2) is 4.23. The highest BCUT2D eigenvalue weighted by atomic mass is 16.6. The molecule has 4 heteroatoms. The maximum Gasteiger partial charge on any atom is 0.410 e. The van der Waals surface area contributed by atoms with Gasteiger partial charge in [-0.3, -0.25) is 0 Å². The second-order valence-corrected chi connectivity index (χ2v) is 6.98. The lowest BCUT2D eigenvalue weighted by Crippen LogP contribution is -2.47. The van der Waals surface area contributed by atoms with E-state index in [-0.39, 0.29) is 11.5 Å². The smallest absolute Gasteiger partial charge is 0.410 e. The summed E-state index contributed by atoms with van der Waals surface area (Å²) in [7, 11) is 0. The summed E-state index contributed by atoms with van der Waals surface area (Å²) in [4.78, 5) is 13.9.